The number of hydrogen-bond donors (Lipinski definition) is 0. The van der Waals surface area contributed by atoms with E-state index in [9.17, 15) is 4.79 Å². The van der Waals surface area contributed by atoms with Crippen LogP contribution in [0.3, 0.4) is 0 Å². The van der Waals surface area contributed by atoms with Crippen LogP contribution < -0.4 is 0 Å². The number of aryl methyl sites for hydroxylation is 2. The third kappa shape index (κ3) is 4.15. The molecular formula is C25H25N7O. The number of carbonyl (C=O) groups is 1. The van der Waals surface area contributed by atoms with E-state index in [0.29, 0.717) is 35.1 Å². The minimum absolute atomic E-state index is 0.118. The van der Waals surface area contributed by atoms with Gasteiger partial charge in [-0.25, -0.2) is 15.0 Å². The van der Waals surface area contributed by atoms with Crippen LogP contribution in [0.5, 0.6) is 0 Å². The van der Waals surface area contributed by atoms with E-state index < -0.39 is 0 Å². The minimum Gasteiger partial charge on any atom is -0.306 e. The molecule has 0 radical (unpaired) electrons. The van der Waals surface area contributed by atoms with Gasteiger partial charge in [0.15, 0.2) is 23.1 Å². The van der Waals surface area contributed by atoms with Crippen molar-refractivity contribution in [1.82, 2.24) is 34.3 Å². The molecule has 4 aromatic rings. The lowest BCUT2D eigenvalue weighted by Gasteiger charge is -2.09. The second kappa shape index (κ2) is 9.12. The summed E-state index contributed by atoms with van der Waals surface area (Å²) in [6.45, 7) is 9.92. The lowest BCUT2D eigenvalue weighted by atomic mass is 10.1. The Kier molecular flexibility index (Phi) is 6.08. The molecule has 33 heavy (non-hydrogen) atoms. The third-order valence-corrected chi connectivity index (χ3v) is 5.29. The summed E-state index contributed by atoms with van der Waals surface area (Å²) in [6.07, 6.45) is 11.0. The van der Waals surface area contributed by atoms with E-state index in [-0.39, 0.29) is 5.78 Å². The highest BCUT2D eigenvalue weighted by Crippen LogP contribution is 2.29. The zero-order chi connectivity index (χ0) is 23.5. The first-order valence-electron chi connectivity index (χ1n) is 10.7. The Morgan fingerprint density at radius 2 is 1.88 bits per heavy atom. The second-order valence-corrected chi connectivity index (χ2v) is 7.46. The molecule has 0 aromatic carbocycles. The average Bonchev–Trinajstić information content (AvgIpc) is 3.43. The van der Waals surface area contributed by atoms with E-state index >= 15 is 0 Å². The lowest BCUT2D eigenvalue weighted by molar-refractivity contribution is 0.1000. The summed E-state index contributed by atoms with van der Waals surface area (Å²) in [6, 6.07) is 5.68. The molecule has 0 aliphatic rings. The maximum Gasteiger partial charge on any atom is 0.195 e. The fourth-order valence-electron chi connectivity index (χ4n) is 3.66. The van der Waals surface area contributed by atoms with Crippen LogP contribution >= 0.6 is 0 Å². The van der Waals surface area contributed by atoms with E-state index in [1.54, 1.807) is 23.2 Å². The smallest absolute Gasteiger partial charge is 0.195 e. The first-order valence-corrected chi connectivity index (χ1v) is 10.7. The van der Waals surface area contributed by atoms with E-state index in [1.807, 2.05) is 62.0 Å². The molecule has 4 rings (SSSR count). The molecular weight excluding hydrogens is 414 g/mol. The van der Waals surface area contributed by atoms with Crippen LogP contribution in [-0.2, 0) is 13.6 Å². The zero-order valence-electron chi connectivity index (χ0n) is 19.1. The Morgan fingerprint density at radius 1 is 1.12 bits per heavy atom. The topological polar surface area (TPSA) is 91.4 Å². The number of rotatable bonds is 7. The van der Waals surface area contributed by atoms with Gasteiger partial charge in [-0.1, -0.05) is 18.7 Å². The fourth-order valence-corrected chi connectivity index (χ4v) is 3.66. The van der Waals surface area contributed by atoms with Gasteiger partial charge in [0.25, 0.3) is 0 Å². The van der Waals surface area contributed by atoms with Gasteiger partial charge in [-0.3, -0.25) is 14.5 Å². The zero-order valence-corrected chi connectivity index (χ0v) is 19.1. The van der Waals surface area contributed by atoms with E-state index in [0.717, 1.165) is 22.4 Å². The minimum atomic E-state index is -0.118. The predicted octanol–water partition coefficient (Wildman–Crippen LogP) is 4.52. The Labute approximate surface area is 192 Å². The number of carbonyl (C=O) groups excluding carboxylic acids is 1. The van der Waals surface area contributed by atoms with Crippen LogP contribution in [0.4, 0.5) is 0 Å². The largest absolute Gasteiger partial charge is 0.306 e. The van der Waals surface area contributed by atoms with Gasteiger partial charge >= 0.3 is 0 Å². The molecule has 0 N–H and O–H groups in total. The second-order valence-electron chi connectivity index (χ2n) is 7.46. The summed E-state index contributed by atoms with van der Waals surface area (Å²) in [4.78, 5) is 30.7. The third-order valence-electron chi connectivity index (χ3n) is 5.29. The van der Waals surface area contributed by atoms with Crippen LogP contribution in [0.2, 0.25) is 0 Å². The molecule has 4 heterocycles. The van der Waals surface area contributed by atoms with Gasteiger partial charge in [-0.05, 0) is 38.1 Å². The molecule has 0 spiro atoms. The van der Waals surface area contributed by atoms with Crippen molar-refractivity contribution in [2.45, 2.75) is 27.3 Å². The number of imidazole rings is 1. The molecule has 0 atom stereocenters. The highest BCUT2D eigenvalue weighted by atomic mass is 16.1. The van der Waals surface area contributed by atoms with Crippen molar-refractivity contribution in [3.63, 3.8) is 0 Å². The van der Waals surface area contributed by atoms with Crippen molar-refractivity contribution >= 4 is 28.1 Å². The number of allylic oxidation sites excluding steroid dienone is 5. The SMILES string of the molecule is C=C/C(=C\C(=C/C)c1nc(-c2ccncc2)c2nc(C(C)=O)n(CC)c2n1)c1ccn(C)n1. The summed E-state index contributed by atoms with van der Waals surface area (Å²) in [5, 5.41) is 4.48. The molecule has 0 amide bonds. The molecule has 8 nitrogen and oxygen atoms in total. The standard InChI is InChI=1S/C25H25N7O/c1-6-17(20-11-14-31(5)30-20)15-18(7-2)23-27-21(19-9-12-26-13-10-19)22-25(29-23)32(8-3)24(28-22)16(4)33/h6-7,9-15H,1,8H2,2-5H3/b17-15+,18-7+. The molecule has 0 aliphatic heterocycles. The first-order chi connectivity index (χ1) is 16.0. The summed E-state index contributed by atoms with van der Waals surface area (Å²) in [5.41, 5.74) is 5.17. The monoisotopic (exact) mass is 439 g/mol. The van der Waals surface area contributed by atoms with Gasteiger partial charge in [0, 0.05) is 55.8 Å². The lowest BCUT2D eigenvalue weighted by Crippen LogP contribution is -2.07. The van der Waals surface area contributed by atoms with E-state index in [4.69, 9.17) is 9.97 Å². The fraction of sp³-hybridized carbons (Fsp3) is 0.200. The van der Waals surface area contributed by atoms with Gasteiger partial charge in [-0.2, -0.15) is 5.10 Å². The van der Waals surface area contributed by atoms with E-state index in [2.05, 4.69) is 21.6 Å². The molecule has 4 aromatic heterocycles. The summed E-state index contributed by atoms with van der Waals surface area (Å²) in [5.74, 6) is 0.774. The van der Waals surface area contributed by atoms with Crippen molar-refractivity contribution in [3.8, 4) is 11.3 Å². The Hall–Kier alpha value is -4.20. The molecule has 8 heteroatoms. The Bertz CT molecular complexity index is 1410. The highest BCUT2D eigenvalue weighted by molar-refractivity contribution is 5.97. The molecule has 0 saturated carbocycles. The van der Waals surface area contributed by atoms with Gasteiger partial charge in [0.1, 0.15) is 11.2 Å². The summed E-state index contributed by atoms with van der Waals surface area (Å²) in [7, 11) is 1.87. The molecule has 0 aliphatic carbocycles. The quantitative estimate of drug-likeness (QED) is 0.311. The van der Waals surface area contributed by atoms with Gasteiger partial charge in [0.2, 0.25) is 0 Å². The maximum atomic E-state index is 12.3. The molecule has 166 valence electrons. The van der Waals surface area contributed by atoms with Crippen LogP contribution in [0.1, 0.15) is 42.9 Å². The number of aromatic nitrogens is 7. The van der Waals surface area contributed by atoms with Crippen molar-refractivity contribution in [2.75, 3.05) is 0 Å². The maximum absolute atomic E-state index is 12.3. The van der Waals surface area contributed by atoms with Gasteiger partial charge in [-0.15, -0.1) is 0 Å². The number of pyridine rings is 1. The number of hydrogen-bond acceptors (Lipinski definition) is 6. The van der Waals surface area contributed by atoms with Gasteiger partial charge in [0.05, 0.1) is 5.69 Å². The van der Waals surface area contributed by atoms with Crippen LogP contribution in [0.15, 0.2) is 61.6 Å². The van der Waals surface area contributed by atoms with Crippen LogP contribution in [0, 0.1) is 0 Å². The first kappa shape index (κ1) is 22.0. The van der Waals surface area contributed by atoms with Crippen LogP contribution in [0.25, 0.3) is 33.6 Å². The molecule has 0 unspecified atom stereocenters. The molecule has 0 bridgehead atoms. The number of nitrogens with zero attached hydrogens (tertiary/aromatic N) is 7. The van der Waals surface area contributed by atoms with Crippen molar-refractivity contribution in [2.24, 2.45) is 7.05 Å². The normalized spacial score (nSPS) is 12.4. The number of Topliss-reactive ketones (excluding diaryl/α,β-unsaturated/α-hetero) is 1. The van der Waals surface area contributed by atoms with Crippen molar-refractivity contribution in [3.05, 3.63) is 78.9 Å². The Balaban J connectivity index is 1.98. The van der Waals surface area contributed by atoms with Crippen molar-refractivity contribution < 1.29 is 4.79 Å². The summed E-state index contributed by atoms with van der Waals surface area (Å²) >= 11 is 0. The number of fused-ring (bicyclic) bond motifs is 1. The summed E-state index contributed by atoms with van der Waals surface area (Å²) < 4.78 is 3.58. The van der Waals surface area contributed by atoms with Crippen LogP contribution in [-0.4, -0.2) is 40.1 Å². The Morgan fingerprint density at radius 3 is 2.45 bits per heavy atom. The molecule has 0 fully saturated rings. The van der Waals surface area contributed by atoms with Gasteiger partial charge < -0.3 is 4.57 Å². The number of ketones is 1. The van der Waals surface area contributed by atoms with E-state index in [1.165, 1.54) is 6.92 Å². The predicted molar refractivity (Wildman–Crippen MR) is 129 cm³/mol. The average molecular weight is 440 g/mol. The van der Waals surface area contributed by atoms with Crippen molar-refractivity contribution in [1.29, 1.82) is 0 Å². The molecule has 0 saturated heterocycles. The highest BCUT2D eigenvalue weighted by Gasteiger charge is 2.21.